The normalized spacial score (nSPS) is 24.1. The van der Waals surface area contributed by atoms with Crippen molar-refractivity contribution >= 4 is 27.4 Å². The second-order valence-electron chi connectivity index (χ2n) is 3.96. The SMILES string of the molecule is Brc1cnc2c(c1)NCC1CNCCN21. The van der Waals surface area contributed by atoms with Crippen LogP contribution in [0.15, 0.2) is 16.7 Å². The highest BCUT2D eigenvalue weighted by Crippen LogP contribution is 2.31. The van der Waals surface area contributed by atoms with E-state index in [4.69, 9.17) is 0 Å². The van der Waals surface area contributed by atoms with Crippen molar-refractivity contribution in [2.45, 2.75) is 6.04 Å². The number of halogens is 1. The minimum absolute atomic E-state index is 0.542. The maximum atomic E-state index is 4.49. The summed E-state index contributed by atoms with van der Waals surface area (Å²) >= 11 is 3.45. The van der Waals surface area contributed by atoms with Crippen molar-refractivity contribution in [1.29, 1.82) is 0 Å². The number of rotatable bonds is 0. The number of nitrogens with one attached hydrogen (secondary N) is 2. The Kier molecular flexibility index (Phi) is 2.29. The van der Waals surface area contributed by atoms with Gasteiger partial charge in [0.15, 0.2) is 5.82 Å². The van der Waals surface area contributed by atoms with Crippen LogP contribution in [-0.2, 0) is 0 Å². The van der Waals surface area contributed by atoms with Crippen LogP contribution in [0, 0.1) is 0 Å². The van der Waals surface area contributed by atoms with Gasteiger partial charge in [-0.25, -0.2) is 4.98 Å². The van der Waals surface area contributed by atoms with Crippen molar-refractivity contribution in [3.8, 4) is 0 Å². The molecule has 2 N–H and O–H groups in total. The zero-order valence-corrected chi connectivity index (χ0v) is 9.92. The van der Waals surface area contributed by atoms with Gasteiger partial charge in [0.2, 0.25) is 0 Å². The van der Waals surface area contributed by atoms with Crippen LogP contribution >= 0.6 is 15.9 Å². The van der Waals surface area contributed by atoms with E-state index in [1.807, 2.05) is 6.20 Å². The fourth-order valence-corrected chi connectivity index (χ4v) is 2.57. The summed E-state index contributed by atoms with van der Waals surface area (Å²) < 4.78 is 1.03. The molecule has 2 aliphatic rings. The third kappa shape index (κ3) is 1.59. The lowest BCUT2D eigenvalue weighted by molar-refractivity contribution is 0.478. The van der Waals surface area contributed by atoms with Crippen LogP contribution in [0.4, 0.5) is 11.5 Å². The molecule has 0 aliphatic carbocycles. The average Bonchev–Trinajstić information content (AvgIpc) is 2.28. The van der Waals surface area contributed by atoms with Gasteiger partial charge in [-0.15, -0.1) is 0 Å². The molecule has 2 aliphatic heterocycles. The van der Waals surface area contributed by atoms with Gasteiger partial charge in [-0.05, 0) is 22.0 Å². The topological polar surface area (TPSA) is 40.2 Å². The lowest BCUT2D eigenvalue weighted by atomic mass is 10.1. The van der Waals surface area contributed by atoms with Crippen molar-refractivity contribution in [3.63, 3.8) is 0 Å². The molecule has 0 aromatic carbocycles. The standard InChI is InChI=1S/C10H13BrN4/c11-7-3-9-10(14-4-7)15-2-1-12-5-8(15)6-13-9/h3-4,8,12-13H,1-2,5-6H2. The number of fused-ring (bicyclic) bond motifs is 3. The summed E-state index contributed by atoms with van der Waals surface area (Å²) in [5.41, 5.74) is 1.14. The quantitative estimate of drug-likeness (QED) is 0.738. The van der Waals surface area contributed by atoms with Gasteiger partial charge in [0.25, 0.3) is 0 Å². The molecule has 15 heavy (non-hydrogen) atoms. The molecule has 3 heterocycles. The van der Waals surface area contributed by atoms with Gasteiger partial charge in [0.05, 0.1) is 11.7 Å². The number of hydrogen-bond donors (Lipinski definition) is 2. The molecule has 0 bridgehead atoms. The third-order valence-electron chi connectivity index (χ3n) is 2.98. The van der Waals surface area contributed by atoms with E-state index in [2.05, 4.69) is 42.5 Å². The molecule has 1 unspecified atom stereocenters. The van der Waals surface area contributed by atoms with Crippen LogP contribution in [-0.4, -0.2) is 37.2 Å². The molecule has 3 rings (SSSR count). The van der Waals surface area contributed by atoms with E-state index >= 15 is 0 Å². The molecule has 5 heteroatoms. The van der Waals surface area contributed by atoms with Gasteiger partial charge in [0, 0.05) is 36.8 Å². The molecule has 0 amide bonds. The summed E-state index contributed by atoms with van der Waals surface area (Å²) in [7, 11) is 0. The molecular weight excluding hydrogens is 256 g/mol. The average molecular weight is 269 g/mol. The first-order valence-electron chi connectivity index (χ1n) is 5.21. The highest BCUT2D eigenvalue weighted by Gasteiger charge is 2.28. The van der Waals surface area contributed by atoms with E-state index in [0.717, 1.165) is 42.2 Å². The predicted octanol–water partition coefficient (Wildman–Crippen LogP) is 1.05. The lowest BCUT2D eigenvalue weighted by Crippen LogP contribution is -2.56. The van der Waals surface area contributed by atoms with Gasteiger partial charge >= 0.3 is 0 Å². The van der Waals surface area contributed by atoms with Crippen molar-refractivity contribution in [3.05, 3.63) is 16.7 Å². The Morgan fingerprint density at radius 1 is 1.47 bits per heavy atom. The highest BCUT2D eigenvalue weighted by molar-refractivity contribution is 9.10. The molecule has 1 aromatic heterocycles. The first-order valence-corrected chi connectivity index (χ1v) is 6.01. The van der Waals surface area contributed by atoms with E-state index < -0.39 is 0 Å². The third-order valence-corrected chi connectivity index (χ3v) is 3.42. The minimum atomic E-state index is 0.542. The summed E-state index contributed by atoms with van der Waals surface area (Å²) in [6.45, 7) is 4.14. The highest BCUT2D eigenvalue weighted by atomic mass is 79.9. The Labute approximate surface area is 97.2 Å². The van der Waals surface area contributed by atoms with Crippen molar-refractivity contribution in [1.82, 2.24) is 10.3 Å². The first-order chi connectivity index (χ1) is 7.34. The largest absolute Gasteiger partial charge is 0.380 e. The van der Waals surface area contributed by atoms with E-state index in [1.165, 1.54) is 0 Å². The Hall–Kier alpha value is -0.810. The molecule has 1 aromatic rings. The molecule has 1 fully saturated rings. The second-order valence-corrected chi connectivity index (χ2v) is 4.87. The molecule has 0 spiro atoms. The Morgan fingerprint density at radius 2 is 2.40 bits per heavy atom. The van der Waals surface area contributed by atoms with Gasteiger partial charge in [-0.3, -0.25) is 0 Å². The number of anilines is 2. The van der Waals surface area contributed by atoms with Crippen LogP contribution in [0.25, 0.3) is 0 Å². The van der Waals surface area contributed by atoms with Crippen molar-refractivity contribution in [2.24, 2.45) is 0 Å². The van der Waals surface area contributed by atoms with Crippen LogP contribution < -0.4 is 15.5 Å². The van der Waals surface area contributed by atoms with Gasteiger partial charge in [-0.2, -0.15) is 0 Å². The van der Waals surface area contributed by atoms with E-state index in [-0.39, 0.29) is 0 Å². The summed E-state index contributed by atoms with van der Waals surface area (Å²) in [5, 5.41) is 6.84. The number of nitrogens with zero attached hydrogens (tertiary/aromatic N) is 2. The molecule has 0 radical (unpaired) electrons. The Bertz CT molecular complexity index is 382. The molecular formula is C10H13BrN4. The zero-order valence-electron chi connectivity index (χ0n) is 8.33. The minimum Gasteiger partial charge on any atom is -0.380 e. The van der Waals surface area contributed by atoms with E-state index in [1.54, 1.807) is 0 Å². The summed E-state index contributed by atoms with van der Waals surface area (Å²) in [4.78, 5) is 6.89. The summed E-state index contributed by atoms with van der Waals surface area (Å²) in [6.07, 6.45) is 1.87. The fraction of sp³-hybridized carbons (Fsp3) is 0.500. The first kappa shape index (κ1) is 9.42. The van der Waals surface area contributed by atoms with Crippen LogP contribution in [0.1, 0.15) is 0 Å². The molecule has 1 atom stereocenters. The summed E-state index contributed by atoms with van der Waals surface area (Å²) in [5.74, 6) is 1.09. The number of aromatic nitrogens is 1. The molecule has 1 saturated heterocycles. The van der Waals surface area contributed by atoms with Gasteiger partial charge < -0.3 is 15.5 Å². The lowest BCUT2D eigenvalue weighted by Gasteiger charge is -2.41. The van der Waals surface area contributed by atoms with E-state index in [9.17, 15) is 0 Å². The number of hydrogen-bond acceptors (Lipinski definition) is 4. The van der Waals surface area contributed by atoms with Crippen LogP contribution in [0.3, 0.4) is 0 Å². The van der Waals surface area contributed by atoms with E-state index in [0.29, 0.717) is 6.04 Å². The Morgan fingerprint density at radius 3 is 3.33 bits per heavy atom. The van der Waals surface area contributed by atoms with Crippen LogP contribution in [0.2, 0.25) is 0 Å². The zero-order chi connectivity index (χ0) is 10.3. The van der Waals surface area contributed by atoms with Gasteiger partial charge in [-0.1, -0.05) is 0 Å². The molecule has 80 valence electrons. The predicted molar refractivity (Wildman–Crippen MR) is 64.4 cm³/mol. The van der Waals surface area contributed by atoms with Crippen LogP contribution in [0.5, 0.6) is 0 Å². The van der Waals surface area contributed by atoms with Gasteiger partial charge in [0.1, 0.15) is 0 Å². The van der Waals surface area contributed by atoms with Crippen molar-refractivity contribution < 1.29 is 0 Å². The smallest absolute Gasteiger partial charge is 0.152 e. The fourth-order valence-electron chi connectivity index (χ4n) is 2.24. The monoisotopic (exact) mass is 268 g/mol. The summed E-state index contributed by atoms with van der Waals surface area (Å²) in [6, 6.07) is 2.64. The maximum Gasteiger partial charge on any atom is 0.152 e. The number of piperazine rings is 1. The second kappa shape index (κ2) is 3.64. The molecule has 4 nitrogen and oxygen atoms in total. The molecule has 0 saturated carbocycles. The maximum absolute atomic E-state index is 4.49. The Balaban J connectivity index is 1.99. The number of pyridine rings is 1. The van der Waals surface area contributed by atoms with Crippen molar-refractivity contribution in [2.75, 3.05) is 36.4 Å².